The first-order valence-electron chi connectivity index (χ1n) is 6.54. The summed E-state index contributed by atoms with van der Waals surface area (Å²) in [4.78, 5) is 3.13. The molecule has 0 aliphatic rings. The average Bonchev–Trinajstić information content (AvgIpc) is 3.14. The number of para-hydroxylation sites is 1. The molecule has 2 heterocycles. The second-order valence-corrected chi connectivity index (χ2v) is 5.16. The molecule has 4 rings (SSSR count). The van der Waals surface area contributed by atoms with Crippen LogP contribution in [0.4, 0.5) is 4.39 Å². The van der Waals surface area contributed by atoms with Gasteiger partial charge in [0.2, 0.25) is 0 Å². The van der Waals surface area contributed by atoms with Crippen LogP contribution in [0.15, 0.2) is 48.7 Å². The largest absolute Gasteiger partial charge is 0.359 e. The summed E-state index contributed by atoms with van der Waals surface area (Å²) >= 11 is 6.17. The van der Waals surface area contributed by atoms with Gasteiger partial charge in [-0.1, -0.05) is 23.7 Å². The monoisotopic (exact) mass is 313 g/mol. The van der Waals surface area contributed by atoms with Crippen molar-refractivity contribution in [3.05, 3.63) is 59.5 Å². The highest BCUT2D eigenvalue weighted by molar-refractivity contribution is 6.35. The number of fused-ring (bicyclic) bond motifs is 1. The van der Waals surface area contributed by atoms with Gasteiger partial charge in [-0.2, -0.15) is 4.68 Å². The summed E-state index contributed by atoms with van der Waals surface area (Å²) in [5.41, 5.74) is 2.33. The van der Waals surface area contributed by atoms with Crippen molar-refractivity contribution in [2.45, 2.75) is 0 Å². The van der Waals surface area contributed by atoms with Crippen LogP contribution in [0.3, 0.4) is 0 Å². The molecule has 0 bridgehead atoms. The molecule has 0 spiro atoms. The zero-order valence-electron chi connectivity index (χ0n) is 11.2. The van der Waals surface area contributed by atoms with Gasteiger partial charge in [-0.05, 0) is 40.8 Å². The van der Waals surface area contributed by atoms with Gasteiger partial charge >= 0.3 is 0 Å². The van der Waals surface area contributed by atoms with Gasteiger partial charge in [0, 0.05) is 17.1 Å². The lowest BCUT2D eigenvalue weighted by Crippen LogP contribution is -1.99. The van der Waals surface area contributed by atoms with Crippen molar-refractivity contribution in [2.75, 3.05) is 0 Å². The Kier molecular flexibility index (Phi) is 2.90. The number of nitrogens with one attached hydrogen (secondary N) is 1. The van der Waals surface area contributed by atoms with Gasteiger partial charge < -0.3 is 4.98 Å². The number of aromatic amines is 1. The predicted octanol–water partition coefficient (Wildman–Crippen LogP) is 3.60. The fraction of sp³-hybridized carbons (Fsp3) is 0. The molecule has 4 aromatic rings. The van der Waals surface area contributed by atoms with Crippen molar-refractivity contribution in [3.8, 4) is 17.1 Å². The van der Waals surface area contributed by atoms with Crippen LogP contribution in [0.2, 0.25) is 5.02 Å². The zero-order chi connectivity index (χ0) is 15.1. The minimum atomic E-state index is -0.308. The van der Waals surface area contributed by atoms with Crippen LogP contribution < -0.4 is 0 Å². The normalized spacial score (nSPS) is 11.2. The first kappa shape index (κ1) is 13.0. The van der Waals surface area contributed by atoms with Crippen molar-refractivity contribution >= 4 is 22.5 Å². The first-order valence-corrected chi connectivity index (χ1v) is 6.92. The molecule has 0 unspecified atom stereocenters. The fourth-order valence-electron chi connectivity index (χ4n) is 2.41. The van der Waals surface area contributed by atoms with Crippen LogP contribution in [0, 0.1) is 5.82 Å². The molecule has 0 radical (unpaired) electrons. The van der Waals surface area contributed by atoms with E-state index < -0.39 is 0 Å². The third-order valence-corrected chi connectivity index (χ3v) is 3.76. The number of hydrogen-bond acceptors (Lipinski definition) is 3. The third kappa shape index (κ3) is 1.96. The lowest BCUT2D eigenvalue weighted by molar-refractivity contribution is 0.627. The smallest absolute Gasteiger partial charge is 0.189 e. The fourth-order valence-corrected chi connectivity index (χ4v) is 2.64. The predicted molar refractivity (Wildman–Crippen MR) is 81.4 cm³/mol. The minimum Gasteiger partial charge on any atom is -0.359 e. The molecular formula is C15H9ClFN5. The Morgan fingerprint density at radius 1 is 1.09 bits per heavy atom. The van der Waals surface area contributed by atoms with E-state index in [4.69, 9.17) is 11.6 Å². The highest BCUT2D eigenvalue weighted by atomic mass is 35.5. The van der Waals surface area contributed by atoms with E-state index >= 15 is 0 Å². The van der Waals surface area contributed by atoms with Crippen molar-refractivity contribution < 1.29 is 4.39 Å². The highest BCUT2D eigenvalue weighted by Gasteiger charge is 2.16. The molecule has 0 saturated heterocycles. The number of H-pyrrole nitrogens is 1. The summed E-state index contributed by atoms with van der Waals surface area (Å²) in [6.07, 6.45) is 1.81. The molecule has 108 valence electrons. The Labute approximate surface area is 129 Å². The van der Waals surface area contributed by atoms with Crippen LogP contribution in [-0.4, -0.2) is 25.2 Å². The van der Waals surface area contributed by atoms with E-state index in [1.807, 2.05) is 24.4 Å². The molecule has 0 atom stereocenters. The Hall–Kier alpha value is -2.73. The van der Waals surface area contributed by atoms with E-state index in [2.05, 4.69) is 20.5 Å². The van der Waals surface area contributed by atoms with Gasteiger partial charge in [0.15, 0.2) is 5.82 Å². The van der Waals surface area contributed by atoms with E-state index in [1.165, 1.54) is 12.1 Å². The Morgan fingerprint density at radius 2 is 1.91 bits per heavy atom. The summed E-state index contributed by atoms with van der Waals surface area (Å²) < 4.78 is 14.6. The molecule has 0 saturated carbocycles. The van der Waals surface area contributed by atoms with E-state index in [0.717, 1.165) is 16.5 Å². The Balaban J connectivity index is 1.92. The van der Waals surface area contributed by atoms with Crippen LogP contribution in [-0.2, 0) is 0 Å². The first-order chi connectivity index (χ1) is 10.7. The number of benzene rings is 2. The molecule has 0 amide bonds. The van der Waals surface area contributed by atoms with Crippen molar-refractivity contribution in [3.63, 3.8) is 0 Å². The van der Waals surface area contributed by atoms with Crippen LogP contribution in [0.5, 0.6) is 0 Å². The molecule has 1 N–H and O–H groups in total. The maximum atomic E-state index is 13.1. The highest BCUT2D eigenvalue weighted by Crippen LogP contribution is 2.31. The molecule has 22 heavy (non-hydrogen) atoms. The standard InChI is InChI=1S/C15H9ClFN5/c16-13-3-1-2-11-12(8-18-14(11)13)15-19-20-21-22(15)10-6-4-9(17)5-7-10/h1-8,18H. The van der Waals surface area contributed by atoms with Gasteiger partial charge in [0.1, 0.15) is 5.82 Å². The van der Waals surface area contributed by atoms with Crippen molar-refractivity contribution in [1.29, 1.82) is 0 Å². The molecule has 5 nitrogen and oxygen atoms in total. The number of tetrazole rings is 1. The van der Waals surface area contributed by atoms with E-state index in [0.29, 0.717) is 16.5 Å². The van der Waals surface area contributed by atoms with Crippen molar-refractivity contribution in [1.82, 2.24) is 25.2 Å². The number of rotatable bonds is 2. The third-order valence-electron chi connectivity index (χ3n) is 3.45. The van der Waals surface area contributed by atoms with Gasteiger partial charge in [-0.15, -0.1) is 5.10 Å². The van der Waals surface area contributed by atoms with Gasteiger partial charge in [0.25, 0.3) is 0 Å². The molecule has 0 fully saturated rings. The average molecular weight is 314 g/mol. The Morgan fingerprint density at radius 3 is 2.73 bits per heavy atom. The van der Waals surface area contributed by atoms with Crippen molar-refractivity contribution in [2.24, 2.45) is 0 Å². The second kappa shape index (κ2) is 4.92. The van der Waals surface area contributed by atoms with Gasteiger partial charge in [-0.25, -0.2) is 4.39 Å². The summed E-state index contributed by atoms with van der Waals surface area (Å²) in [7, 11) is 0. The summed E-state index contributed by atoms with van der Waals surface area (Å²) in [6, 6.07) is 11.6. The SMILES string of the molecule is Fc1ccc(-n2nnnc2-c2c[nH]c3c(Cl)cccc23)cc1. The lowest BCUT2D eigenvalue weighted by Gasteiger charge is -2.03. The minimum absolute atomic E-state index is 0.308. The van der Waals surface area contributed by atoms with Gasteiger partial charge in [0.05, 0.1) is 16.2 Å². The molecule has 2 aromatic heterocycles. The number of nitrogens with zero attached hydrogens (tertiary/aromatic N) is 4. The zero-order valence-corrected chi connectivity index (χ0v) is 11.9. The maximum Gasteiger partial charge on any atom is 0.189 e. The summed E-state index contributed by atoms with van der Waals surface area (Å²) in [6.45, 7) is 0. The summed E-state index contributed by atoms with van der Waals surface area (Å²) in [5.74, 6) is 0.248. The van der Waals surface area contributed by atoms with Crippen LogP contribution >= 0.6 is 11.6 Å². The molecule has 0 aliphatic heterocycles. The molecule has 7 heteroatoms. The van der Waals surface area contributed by atoms with E-state index in [-0.39, 0.29) is 5.82 Å². The number of halogens is 2. The topological polar surface area (TPSA) is 59.4 Å². The van der Waals surface area contributed by atoms with Gasteiger partial charge in [-0.3, -0.25) is 0 Å². The molecule has 2 aromatic carbocycles. The quantitative estimate of drug-likeness (QED) is 0.615. The van der Waals surface area contributed by atoms with E-state index in [1.54, 1.807) is 16.8 Å². The van der Waals surface area contributed by atoms with Crippen LogP contribution in [0.1, 0.15) is 0 Å². The maximum absolute atomic E-state index is 13.1. The summed E-state index contributed by atoms with van der Waals surface area (Å²) in [5, 5.41) is 13.3. The second-order valence-electron chi connectivity index (χ2n) is 4.76. The lowest BCUT2D eigenvalue weighted by atomic mass is 10.1. The number of hydrogen-bond donors (Lipinski definition) is 1. The Bertz CT molecular complexity index is 958. The number of aromatic nitrogens is 5. The van der Waals surface area contributed by atoms with Crippen LogP contribution in [0.25, 0.3) is 28.0 Å². The molecular weight excluding hydrogens is 305 g/mol. The van der Waals surface area contributed by atoms with E-state index in [9.17, 15) is 4.39 Å². The molecule has 0 aliphatic carbocycles.